The second kappa shape index (κ2) is 3.24. The van der Waals surface area contributed by atoms with Gasteiger partial charge in [-0.15, -0.1) is 0 Å². The minimum absolute atomic E-state index is 0.295. The van der Waals surface area contributed by atoms with Crippen molar-refractivity contribution >= 4 is 59.8 Å². The first kappa shape index (κ1) is 8.91. The zero-order valence-corrected chi connectivity index (χ0v) is 10.3. The minimum atomic E-state index is 0.295. The van der Waals surface area contributed by atoms with Crippen LogP contribution in [-0.2, 0) is 0 Å². The number of hydrogen-bond acceptors (Lipinski definition) is 3. The van der Waals surface area contributed by atoms with E-state index in [1.54, 1.807) is 0 Å². The van der Waals surface area contributed by atoms with E-state index in [0.29, 0.717) is 24.6 Å². The van der Waals surface area contributed by atoms with Gasteiger partial charge in [-0.3, -0.25) is 4.79 Å². The molecule has 11 heavy (non-hydrogen) atoms. The lowest BCUT2D eigenvalue weighted by Crippen LogP contribution is -2.17. The first-order valence-electron chi connectivity index (χ1n) is 3.34. The summed E-state index contributed by atoms with van der Waals surface area (Å²) in [6, 6.07) is 0. The SMILES string of the molecule is O=C1S[C@H]2CC(Br)C(Br)[C@H]2S1. The molecule has 0 aromatic carbocycles. The topological polar surface area (TPSA) is 17.1 Å². The molecule has 0 bridgehead atoms. The largest absolute Gasteiger partial charge is 0.274 e. The van der Waals surface area contributed by atoms with Gasteiger partial charge >= 0.3 is 0 Å². The molecule has 2 fully saturated rings. The van der Waals surface area contributed by atoms with E-state index < -0.39 is 0 Å². The first-order chi connectivity index (χ1) is 5.18. The monoisotopic (exact) mass is 316 g/mol. The lowest BCUT2D eigenvalue weighted by molar-refractivity contribution is 0.277. The van der Waals surface area contributed by atoms with E-state index in [1.165, 1.54) is 23.5 Å². The van der Waals surface area contributed by atoms with Crippen LogP contribution in [0, 0.1) is 0 Å². The Morgan fingerprint density at radius 3 is 2.73 bits per heavy atom. The number of rotatable bonds is 0. The summed E-state index contributed by atoms with van der Waals surface area (Å²) in [7, 11) is 0. The standard InChI is InChI=1S/C6H6Br2OS2/c7-2-1-3-5(4(2)8)11-6(9)10-3/h2-5H,1H2/t2?,3-,4?,5-/m0/s1. The van der Waals surface area contributed by atoms with Crippen LogP contribution in [0.2, 0.25) is 0 Å². The van der Waals surface area contributed by atoms with Crippen molar-refractivity contribution in [2.75, 3.05) is 0 Å². The molecule has 0 aromatic rings. The molecule has 62 valence electrons. The molecule has 2 unspecified atom stereocenters. The summed E-state index contributed by atoms with van der Waals surface area (Å²) in [6.07, 6.45) is 1.12. The highest BCUT2D eigenvalue weighted by molar-refractivity contribution is 9.12. The molecule has 0 N–H and O–H groups in total. The summed E-state index contributed by atoms with van der Waals surface area (Å²) >= 11 is 10.2. The average molecular weight is 318 g/mol. The maximum atomic E-state index is 11.0. The van der Waals surface area contributed by atoms with Crippen molar-refractivity contribution < 1.29 is 4.79 Å². The summed E-state index contributed by atoms with van der Waals surface area (Å²) in [4.78, 5) is 12.0. The lowest BCUT2D eigenvalue weighted by Gasteiger charge is -2.09. The molecule has 0 aromatic heterocycles. The van der Waals surface area contributed by atoms with Crippen molar-refractivity contribution in [2.24, 2.45) is 0 Å². The lowest BCUT2D eigenvalue weighted by atomic mass is 10.4. The molecule has 1 saturated heterocycles. The van der Waals surface area contributed by atoms with Gasteiger partial charge in [0.2, 0.25) is 4.45 Å². The Kier molecular flexibility index (Phi) is 2.62. The maximum Gasteiger partial charge on any atom is 0.246 e. The van der Waals surface area contributed by atoms with Crippen molar-refractivity contribution in [1.29, 1.82) is 0 Å². The third-order valence-electron chi connectivity index (χ3n) is 1.96. The Hall–Kier alpha value is 1.33. The van der Waals surface area contributed by atoms with E-state index in [9.17, 15) is 4.79 Å². The van der Waals surface area contributed by atoms with Crippen molar-refractivity contribution in [1.82, 2.24) is 0 Å². The molecule has 1 saturated carbocycles. The fourth-order valence-corrected chi connectivity index (χ4v) is 6.63. The second-order valence-corrected chi connectivity index (χ2v) is 7.54. The van der Waals surface area contributed by atoms with Crippen LogP contribution < -0.4 is 0 Å². The van der Waals surface area contributed by atoms with Gasteiger partial charge in [0.1, 0.15) is 0 Å². The smallest absolute Gasteiger partial charge is 0.246 e. The quantitative estimate of drug-likeness (QED) is 0.638. The zero-order chi connectivity index (χ0) is 8.01. The highest BCUT2D eigenvalue weighted by atomic mass is 79.9. The highest BCUT2D eigenvalue weighted by Gasteiger charge is 2.47. The highest BCUT2D eigenvalue weighted by Crippen LogP contribution is 2.51. The number of thioether (sulfide) groups is 2. The van der Waals surface area contributed by atoms with E-state index in [-0.39, 0.29) is 0 Å². The van der Waals surface area contributed by atoms with Gasteiger partial charge in [-0.2, -0.15) is 0 Å². The Balaban J connectivity index is 2.13. The number of carbonyl (C=O) groups excluding carboxylic acids is 1. The van der Waals surface area contributed by atoms with E-state index >= 15 is 0 Å². The zero-order valence-electron chi connectivity index (χ0n) is 5.50. The third kappa shape index (κ3) is 1.54. The first-order valence-corrected chi connectivity index (χ1v) is 6.93. The maximum absolute atomic E-state index is 11.0. The summed E-state index contributed by atoms with van der Waals surface area (Å²) in [5.41, 5.74) is 0. The molecule has 1 aliphatic heterocycles. The van der Waals surface area contributed by atoms with Gasteiger partial charge in [0.05, 0.1) is 0 Å². The van der Waals surface area contributed by atoms with E-state index in [4.69, 9.17) is 0 Å². The fraction of sp³-hybridized carbons (Fsp3) is 0.833. The number of alkyl halides is 2. The third-order valence-corrected chi connectivity index (χ3v) is 7.99. The van der Waals surface area contributed by atoms with Crippen LogP contribution >= 0.6 is 55.4 Å². The van der Waals surface area contributed by atoms with Crippen molar-refractivity contribution in [3.8, 4) is 0 Å². The normalized spacial score (nSPS) is 49.8. The predicted octanol–water partition coefficient (Wildman–Crippen LogP) is 3.25. The summed E-state index contributed by atoms with van der Waals surface area (Å²) in [6.45, 7) is 0. The minimum Gasteiger partial charge on any atom is -0.274 e. The molecular formula is C6H6Br2OS2. The molecule has 1 nitrogen and oxygen atoms in total. The summed E-state index contributed by atoms with van der Waals surface area (Å²) in [5, 5.41) is 1.04. The van der Waals surface area contributed by atoms with Gasteiger partial charge < -0.3 is 0 Å². The predicted molar refractivity (Wildman–Crippen MR) is 58.2 cm³/mol. The van der Waals surface area contributed by atoms with E-state index in [2.05, 4.69) is 31.9 Å². The summed E-state index contributed by atoms with van der Waals surface area (Å²) < 4.78 is 0.295. The van der Waals surface area contributed by atoms with Crippen LogP contribution in [0.15, 0.2) is 0 Å². The fourth-order valence-electron chi connectivity index (χ4n) is 1.42. The Morgan fingerprint density at radius 1 is 1.36 bits per heavy atom. The van der Waals surface area contributed by atoms with Gasteiger partial charge in [0, 0.05) is 20.2 Å². The van der Waals surface area contributed by atoms with Gasteiger partial charge in [0.25, 0.3) is 0 Å². The molecule has 2 aliphatic rings. The number of fused-ring (bicyclic) bond motifs is 1. The molecule has 5 heteroatoms. The molecule has 1 heterocycles. The number of carbonyl (C=O) groups is 1. The Labute approximate surface area is 90.7 Å². The average Bonchev–Trinajstić information content (AvgIpc) is 2.37. The van der Waals surface area contributed by atoms with Crippen LogP contribution in [0.25, 0.3) is 0 Å². The summed E-state index contributed by atoms with van der Waals surface area (Å²) in [5.74, 6) is 0. The molecular weight excluding hydrogens is 312 g/mol. The van der Waals surface area contributed by atoms with Gasteiger partial charge in [0.15, 0.2) is 0 Å². The van der Waals surface area contributed by atoms with Crippen LogP contribution in [0.1, 0.15) is 6.42 Å². The van der Waals surface area contributed by atoms with Crippen LogP contribution in [-0.4, -0.2) is 24.6 Å². The molecule has 4 atom stereocenters. The molecule has 0 radical (unpaired) electrons. The molecule has 2 rings (SSSR count). The van der Waals surface area contributed by atoms with Crippen molar-refractivity contribution in [3.63, 3.8) is 0 Å². The van der Waals surface area contributed by atoms with Gasteiger partial charge in [-0.1, -0.05) is 55.4 Å². The van der Waals surface area contributed by atoms with Crippen molar-refractivity contribution in [2.45, 2.75) is 26.6 Å². The van der Waals surface area contributed by atoms with Crippen LogP contribution in [0.5, 0.6) is 0 Å². The van der Waals surface area contributed by atoms with Crippen molar-refractivity contribution in [3.05, 3.63) is 0 Å². The number of hydrogen-bond donors (Lipinski definition) is 0. The number of halogens is 2. The van der Waals surface area contributed by atoms with E-state index in [1.807, 2.05) is 0 Å². The molecule has 0 amide bonds. The Morgan fingerprint density at radius 2 is 2.09 bits per heavy atom. The molecule has 0 spiro atoms. The Bertz CT molecular complexity index is 199. The molecule has 1 aliphatic carbocycles. The van der Waals surface area contributed by atoms with Gasteiger partial charge in [-0.05, 0) is 6.42 Å². The van der Waals surface area contributed by atoms with Crippen LogP contribution in [0.4, 0.5) is 4.79 Å². The van der Waals surface area contributed by atoms with E-state index in [0.717, 1.165) is 6.42 Å². The van der Waals surface area contributed by atoms with Crippen LogP contribution in [0.3, 0.4) is 0 Å². The second-order valence-electron chi connectivity index (χ2n) is 2.68. The van der Waals surface area contributed by atoms with Gasteiger partial charge in [-0.25, -0.2) is 0 Å².